The molecule has 1 aromatic carbocycles. The summed E-state index contributed by atoms with van der Waals surface area (Å²) in [5, 5.41) is 7.51. The van der Waals surface area contributed by atoms with Gasteiger partial charge in [-0.25, -0.2) is 9.97 Å². The third-order valence-electron chi connectivity index (χ3n) is 8.29. The molecule has 10 nitrogen and oxygen atoms in total. The van der Waals surface area contributed by atoms with E-state index in [1.165, 1.54) is 0 Å². The predicted octanol–water partition coefficient (Wildman–Crippen LogP) is 3.80. The smallest absolute Gasteiger partial charge is 0.378 e. The molecule has 7 rings (SSSR count). The second kappa shape index (κ2) is 9.29. The van der Waals surface area contributed by atoms with Crippen LogP contribution >= 0.6 is 0 Å². The Morgan fingerprint density at radius 3 is 2.55 bits per heavy atom. The van der Waals surface area contributed by atoms with E-state index in [-0.39, 0.29) is 28.6 Å². The number of anilines is 1. The number of morpholine rings is 1. The summed E-state index contributed by atoms with van der Waals surface area (Å²) in [6.07, 6.45) is 1.02. The fourth-order valence-electron chi connectivity index (χ4n) is 6.06. The second-order valence-electron chi connectivity index (χ2n) is 10.7. The third kappa shape index (κ3) is 4.37. The summed E-state index contributed by atoms with van der Waals surface area (Å²) in [6.45, 7) is 3.29. The van der Waals surface area contributed by atoms with Gasteiger partial charge >= 0.3 is 6.18 Å². The molecule has 0 radical (unpaired) electrons. The molecule has 0 bridgehead atoms. The highest BCUT2D eigenvalue weighted by molar-refractivity contribution is 5.91. The zero-order chi connectivity index (χ0) is 27.5. The summed E-state index contributed by atoms with van der Waals surface area (Å²) >= 11 is 0. The van der Waals surface area contributed by atoms with E-state index in [1.807, 2.05) is 24.3 Å². The minimum absolute atomic E-state index is 0.139. The lowest BCUT2D eigenvalue weighted by Crippen LogP contribution is -2.44. The number of hydrogen-bond donors (Lipinski definition) is 1. The number of aromatic amines is 1. The molecule has 40 heavy (non-hydrogen) atoms. The molecule has 1 spiro atoms. The Labute approximate surface area is 227 Å². The number of fused-ring (bicyclic) bond motifs is 1. The summed E-state index contributed by atoms with van der Waals surface area (Å²) in [7, 11) is 0. The molecule has 1 atom stereocenters. The zero-order valence-corrected chi connectivity index (χ0v) is 21.6. The highest BCUT2D eigenvalue weighted by atomic mass is 19.4. The van der Waals surface area contributed by atoms with Crippen molar-refractivity contribution in [2.24, 2.45) is 5.41 Å². The minimum atomic E-state index is -4.67. The summed E-state index contributed by atoms with van der Waals surface area (Å²) in [6, 6.07) is 9.18. The van der Waals surface area contributed by atoms with Gasteiger partial charge in [-0.3, -0.25) is 14.5 Å². The molecule has 5 heterocycles. The van der Waals surface area contributed by atoms with Crippen molar-refractivity contribution in [1.29, 1.82) is 0 Å². The minimum Gasteiger partial charge on any atom is -0.378 e. The van der Waals surface area contributed by atoms with E-state index in [0.29, 0.717) is 62.8 Å². The monoisotopic (exact) mass is 552 g/mol. The maximum Gasteiger partial charge on any atom is 0.451 e. The van der Waals surface area contributed by atoms with Crippen LogP contribution in [0.4, 0.5) is 18.9 Å². The van der Waals surface area contributed by atoms with E-state index in [1.54, 1.807) is 27.9 Å². The Morgan fingerprint density at radius 2 is 1.82 bits per heavy atom. The van der Waals surface area contributed by atoms with E-state index < -0.39 is 12.0 Å². The molecule has 3 aromatic heterocycles. The van der Waals surface area contributed by atoms with Crippen molar-refractivity contribution in [3.63, 3.8) is 0 Å². The Balaban J connectivity index is 1.19. The first-order chi connectivity index (χ1) is 19.3. The van der Waals surface area contributed by atoms with E-state index in [9.17, 15) is 18.0 Å². The summed E-state index contributed by atoms with van der Waals surface area (Å²) in [5.41, 5.74) is 1.20. The van der Waals surface area contributed by atoms with E-state index >= 15 is 0 Å². The lowest BCUT2D eigenvalue weighted by Gasteiger charge is -2.39. The average molecular weight is 553 g/mol. The quantitative estimate of drug-likeness (QED) is 0.411. The van der Waals surface area contributed by atoms with E-state index in [0.717, 1.165) is 18.5 Å². The first-order valence-corrected chi connectivity index (χ1v) is 13.4. The van der Waals surface area contributed by atoms with Gasteiger partial charge in [0, 0.05) is 55.6 Å². The molecule has 1 unspecified atom stereocenters. The van der Waals surface area contributed by atoms with Crippen molar-refractivity contribution >= 4 is 22.5 Å². The Hall–Kier alpha value is -4.00. The lowest BCUT2D eigenvalue weighted by molar-refractivity contribution is -0.144. The standard InChI is InChI=1S/C27H27F3N8O2/c28-27(29,30)24-31-20-15-17(36-11-13-40-14-12-36)3-4-18(20)21(32-24)19-5-10-38(16-26(19)6-7-26)23(39)22-33-25(35-34-22)37-8-1-2-9-37/h1-4,8-9,15,19H,5-7,10-14,16H2,(H,33,34,35). The molecule has 1 amide bonds. The van der Waals surface area contributed by atoms with Gasteiger partial charge in [0.2, 0.25) is 11.6 Å². The van der Waals surface area contributed by atoms with Crippen molar-refractivity contribution in [2.75, 3.05) is 44.3 Å². The van der Waals surface area contributed by atoms with Gasteiger partial charge in [-0.1, -0.05) is 0 Å². The topological polar surface area (TPSA) is 105 Å². The molecule has 13 heteroatoms. The number of hydrogen-bond acceptors (Lipinski definition) is 7. The van der Waals surface area contributed by atoms with Gasteiger partial charge in [-0.15, -0.1) is 5.10 Å². The van der Waals surface area contributed by atoms with Crippen molar-refractivity contribution in [2.45, 2.75) is 31.4 Å². The SMILES string of the molecule is O=C(c1nc(-n2cccc2)n[nH]1)N1CCC(c2nc(C(F)(F)F)nc3cc(N4CCOCC4)ccc23)C2(CC2)C1. The summed E-state index contributed by atoms with van der Waals surface area (Å²) < 4.78 is 49.0. The number of carbonyl (C=O) groups excluding carboxylic acids is 1. The van der Waals surface area contributed by atoms with Crippen LogP contribution in [0.2, 0.25) is 0 Å². The number of nitrogens with zero attached hydrogens (tertiary/aromatic N) is 7. The number of nitrogens with one attached hydrogen (secondary N) is 1. The van der Waals surface area contributed by atoms with Gasteiger partial charge in [0.15, 0.2) is 0 Å². The Kier molecular flexibility index (Phi) is 5.81. The largest absolute Gasteiger partial charge is 0.451 e. The fraction of sp³-hybridized carbons (Fsp3) is 0.444. The molecule has 3 aliphatic rings. The number of aromatic nitrogens is 6. The van der Waals surface area contributed by atoms with Crippen molar-refractivity contribution < 1.29 is 22.7 Å². The average Bonchev–Trinajstić information content (AvgIpc) is 3.34. The van der Waals surface area contributed by atoms with Gasteiger partial charge in [-0.05, 0) is 55.0 Å². The molecule has 3 fully saturated rings. The van der Waals surface area contributed by atoms with Crippen LogP contribution in [0.15, 0.2) is 42.7 Å². The zero-order valence-electron chi connectivity index (χ0n) is 21.6. The molecule has 1 N–H and O–H groups in total. The van der Waals surface area contributed by atoms with Gasteiger partial charge in [0.25, 0.3) is 11.9 Å². The van der Waals surface area contributed by atoms with Gasteiger partial charge in [-0.2, -0.15) is 18.2 Å². The number of alkyl halides is 3. The number of rotatable bonds is 4. The van der Waals surface area contributed by atoms with Gasteiger partial charge < -0.3 is 14.5 Å². The number of amides is 1. The van der Waals surface area contributed by atoms with Crippen LogP contribution in [0.3, 0.4) is 0 Å². The van der Waals surface area contributed by atoms with Gasteiger partial charge in [0.1, 0.15) is 0 Å². The van der Waals surface area contributed by atoms with Crippen LogP contribution < -0.4 is 4.90 Å². The molecule has 1 aliphatic carbocycles. The second-order valence-corrected chi connectivity index (χ2v) is 10.7. The molecule has 2 aliphatic heterocycles. The molecular formula is C27H27F3N8O2. The number of benzene rings is 1. The maximum absolute atomic E-state index is 14.0. The number of ether oxygens (including phenoxy) is 1. The lowest BCUT2D eigenvalue weighted by atomic mass is 9.78. The van der Waals surface area contributed by atoms with Gasteiger partial charge in [0.05, 0.1) is 24.4 Å². The first-order valence-electron chi connectivity index (χ1n) is 13.4. The van der Waals surface area contributed by atoms with Crippen LogP contribution in [0, 0.1) is 5.41 Å². The molecule has 2 saturated heterocycles. The first kappa shape index (κ1) is 25.0. The van der Waals surface area contributed by atoms with Crippen molar-refractivity contribution in [3.8, 4) is 5.95 Å². The van der Waals surface area contributed by atoms with Crippen LogP contribution in [0.5, 0.6) is 0 Å². The third-order valence-corrected chi connectivity index (χ3v) is 8.29. The maximum atomic E-state index is 14.0. The highest BCUT2D eigenvalue weighted by Gasteiger charge is 2.55. The molecule has 4 aromatic rings. The number of piperidine rings is 1. The Morgan fingerprint density at radius 1 is 1.05 bits per heavy atom. The van der Waals surface area contributed by atoms with Crippen LogP contribution in [-0.2, 0) is 10.9 Å². The number of carbonyl (C=O) groups is 1. The molecular weight excluding hydrogens is 525 g/mol. The summed E-state index contributed by atoms with van der Waals surface area (Å²) in [4.78, 5) is 29.6. The normalized spacial score (nSPS) is 20.8. The van der Waals surface area contributed by atoms with Crippen LogP contribution in [0.1, 0.15) is 47.3 Å². The summed E-state index contributed by atoms with van der Waals surface area (Å²) in [5.74, 6) is -1.10. The van der Waals surface area contributed by atoms with Crippen molar-refractivity contribution in [1.82, 2.24) is 34.6 Å². The van der Waals surface area contributed by atoms with Crippen LogP contribution in [0.25, 0.3) is 16.9 Å². The predicted molar refractivity (Wildman–Crippen MR) is 138 cm³/mol. The number of likely N-dealkylation sites (tertiary alicyclic amines) is 1. The van der Waals surface area contributed by atoms with Crippen molar-refractivity contribution in [3.05, 3.63) is 60.1 Å². The van der Waals surface area contributed by atoms with E-state index in [4.69, 9.17) is 4.74 Å². The number of H-pyrrole nitrogens is 1. The fourth-order valence-corrected chi connectivity index (χ4v) is 6.06. The molecule has 1 saturated carbocycles. The van der Waals surface area contributed by atoms with Crippen LogP contribution in [-0.4, -0.2) is 79.9 Å². The molecule has 208 valence electrons. The Bertz CT molecular complexity index is 1560. The highest BCUT2D eigenvalue weighted by Crippen LogP contribution is 2.60. The number of halogens is 3. The van der Waals surface area contributed by atoms with E-state index in [2.05, 4.69) is 30.0 Å².